The Morgan fingerprint density at radius 3 is 3.05 bits per heavy atom. The molecule has 0 aliphatic carbocycles. The Kier molecular flexibility index (Phi) is 4.41. The number of nitrogens with one attached hydrogen (secondary N) is 1. The van der Waals surface area contributed by atoms with Gasteiger partial charge < -0.3 is 0 Å². The van der Waals surface area contributed by atoms with Crippen molar-refractivity contribution < 1.29 is 4.79 Å². The van der Waals surface area contributed by atoms with Gasteiger partial charge in [0.2, 0.25) is 0 Å². The molecule has 0 aliphatic rings. The first kappa shape index (κ1) is 14.2. The number of benzene rings is 1. The SMILES string of the molecule is O=C(NN=Cc1cccs1)c1cccc(Cn2cccn2)c1. The number of carbonyl (C=O) groups excluding carboxylic acids is 1. The summed E-state index contributed by atoms with van der Waals surface area (Å²) in [5.74, 6) is -0.227. The molecule has 6 heteroatoms. The summed E-state index contributed by atoms with van der Waals surface area (Å²) in [6.07, 6.45) is 5.25. The zero-order chi connectivity index (χ0) is 15.2. The van der Waals surface area contributed by atoms with Gasteiger partial charge in [0.25, 0.3) is 5.91 Å². The minimum absolute atomic E-state index is 0.227. The number of hydrazone groups is 1. The average molecular weight is 310 g/mol. The Labute approximate surface area is 131 Å². The molecule has 5 nitrogen and oxygen atoms in total. The van der Waals surface area contributed by atoms with Crippen LogP contribution in [0.1, 0.15) is 20.8 Å². The second-order valence-electron chi connectivity index (χ2n) is 4.62. The molecule has 0 fully saturated rings. The molecule has 2 aromatic heterocycles. The molecule has 0 bridgehead atoms. The fraction of sp³-hybridized carbons (Fsp3) is 0.0625. The predicted molar refractivity (Wildman–Crippen MR) is 87.2 cm³/mol. The van der Waals surface area contributed by atoms with Gasteiger partial charge in [0.1, 0.15) is 0 Å². The summed E-state index contributed by atoms with van der Waals surface area (Å²) in [6.45, 7) is 0.632. The number of carbonyl (C=O) groups is 1. The molecule has 1 amide bonds. The van der Waals surface area contributed by atoms with Crippen LogP contribution in [-0.2, 0) is 6.54 Å². The molecule has 2 heterocycles. The number of hydrogen-bond acceptors (Lipinski definition) is 4. The van der Waals surface area contributed by atoms with E-state index in [0.29, 0.717) is 12.1 Å². The van der Waals surface area contributed by atoms with Gasteiger partial charge in [-0.1, -0.05) is 18.2 Å². The van der Waals surface area contributed by atoms with E-state index in [-0.39, 0.29) is 5.91 Å². The monoisotopic (exact) mass is 310 g/mol. The van der Waals surface area contributed by atoms with Crippen LogP contribution < -0.4 is 5.43 Å². The Morgan fingerprint density at radius 2 is 2.27 bits per heavy atom. The summed E-state index contributed by atoms with van der Waals surface area (Å²) in [6, 6.07) is 13.2. The first-order chi connectivity index (χ1) is 10.8. The van der Waals surface area contributed by atoms with Crippen molar-refractivity contribution in [1.29, 1.82) is 0 Å². The Balaban J connectivity index is 1.65. The smallest absolute Gasteiger partial charge is 0.268 e. The standard InChI is InChI=1S/C16H14N4OS/c21-16(19-17-11-15-6-2-9-22-15)14-5-1-4-13(10-14)12-20-8-3-7-18-20/h1-11H,12H2,(H,19,21). The van der Waals surface area contributed by atoms with Crippen LogP contribution in [0.5, 0.6) is 0 Å². The Bertz CT molecular complexity index is 763. The maximum atomic E-state index is 12.1. The fourth-order valence-electron chi connectivity index (χ4n) is 1.98. The van der Waals surface area contributed by atoms with E-state index in [1.807, 2.05) is 52.7 Å². The molecule has 0 saturated heterocycles. The van der Waals surface area contributed by atoms with Crippen LogP contribution in [0.2, 0.25) is 0 Å². The lowest BCUT2D eigenvalue weighted by molar-refractivity contribution is 0.0955. The first-order valence-corrected chi connectivity index (χ1v) is 7.62. The number of hydrogen-bond donors (Lipinski definition) is 1. The maximum Gasteiger partial charge on any atom is 0.271 e. The van der Waals surface area contributed by atoms with Crippen LogP contribution in [0.15, 0.2) is 65.3 Å². The summed E-state index contributed by atoms with van der Waals surface area (Å²) < 4.78 is 1.81. The van der Waals surface area contributed by atoms with Crippen molar-refractivity contribution in [2.75, 3.05) is 0 Å². The summed E-state index contributed by atoms with van der Waals surface area (Å²) in [5.41, 5.74) is 4.13. The van der Waals surface area contributed by atoms with Gasteiger partial charge in [-0.05, 0) is 35.2 Å². The van der Waals surface area contributed by atoms with Gasteiger partial charge in [-0.3, -0.25) is 9.48 Å². The van der Waals surface area contributed by atoms with E-state index in [2.05, 4.69) is 15.6 Å². The van der Waals surface area contributed by atoms with Crippen molar-refractivity contribution >= 4 is 23.5 Å². The minimum atomic E-state index is -0.227. The lowest BCUT2D eigenvalue weighted by Gasteiger charge is -2.04. The second-order valence-corrected chi connectivity index (χ2v) is 5.60. The number of aromatic nitrogens is 2. The molecular weight excluding hydrogens is 296 g/mol. The highest BCUT2D eigenvalue weighted by Crippen LogP contribution is 2.07. The lowest BCUT2D eigenvalue weighted by Crippen LogP contribution is -2.17. The maximum absolute atomic E-state index is 12.1. The molecule has 22 heavy (non-hydrogen) atoms. The Morgan fingerprint density at radius 1 is 1.32 bits per heavy atom. The van der Waals surface area contributed by atoms with Gasteiger partial charge in [0.15, 0.2) is 0 Å². The van der Waals surface area contributed by atoms with E-state index in [0.717, 1.165) is 10.4 Å². The summed E-state index contributed by atoms with van der Waals surface area (Å²) in [5, 5.41) is 10.1. The summed E-state index contributed by atoms with van der Waals surface area (Å²) in [4.78, 5) is 13.1. The van der Waals surface area contributed by atoms with Gasteiger partial charge in [-0.15, -0.1) is 11.3 Å². The van der Waals surface area contributed by atoms with Crippen molar-refractivity contribution in [3.8, 4) is 0 Å². The van der Waals surface area contributed by atoms with Crippen LogP contribution >= 0.6 is 11.3 Å². The largest absolute Gasteiger partial charge is 0.271 e. The van der Waals surface area contributed by atoms with Crippen LogP contribution in [0.25, 0.3) is 0 Å². The van der Waals surface area contributed by atoms with Crippen molar-refractivity contribution in [3.05, 3.63) is 76.2 Å². The number of rotatable bonds is 5. The van der Waals surface area contributed by atoms with E-state index in [9.17, 15) is 4.79 Å². The Hall–Kier alpha value is -2.73. The first-order valence-electron chi connectivity index (χ1n) is 6.74. The van der Waals surface area contributed by atoms with Crippen LogP contribution in [0.4, 0.5) is 0 Å². The number of nitrogens with zero attached hydrogens (tertiary/aromatic N) is 3. The van der Waals surface area contributed by atoms with Crippen molar-refractivity contribution in [2.24, 2.45) is 5.10 Å². The highest BCUT2D eigenvalue weighted by atomic mass is 32.1. The zero-order valence-electron chi connectivity index (χ0n) is 11.7. The van der Waals surface area contributed by atoms with Crippen LogP contribution in [0, 0.1) is 0 Å². The molecule has 0 saturated carbocycles. The van der Waals surface area contributed by atoms with E-state index in [1.165, 1.54) is 0 Å². The molecule has 1 N–H and O–H groups in total. The van der Waals surface area contributed by atoms with Gasteiger partial charge in [-0.25, -0.2) is 5.43 Å². The van der Waals surface area contributed by atoms with E-state index < -0.39 is 0 Å². The third kappa shape index (κ3) is 3.67. The van der Waals surface area contributed by atoms with E-state index >= 15 is 0 Å². The highest BCUT2D eigenvalue weighted by molar-refractivity contribution is 7.11. The van der Waals surface area contributed by atoms with E-state index in [1.54, 1.807) is 29.8 Å². The van der Waals surface area contributed by atoms with Gasteiger partial charge in [0.05, 0.1) is 12.8 Å². The molecule has 0 radical (unpaired) electrons. The molecule has 0 aliphatic heterocycles. The number of amides is 1. The summed E-state index contributed by atoms with van der Waals surface area (Å²) in [7, 11) is 0. The second kappa shape index (κ2) is 6.82. The van der Waals surface area contributed by atoms with Crippen LogP contribution in [0.3, 0.4) is 0 Å². The highest BCUT2D eigenvalue weighted by Gasteiger charge is 2.05. The normalized spacial score (nSPS) is 10.9. The molecule has 0 atom stereocenters. The number of thiophene rings is 1. The van der Waals surface area contributed by atoms with Crippen molar-refractivity contribution in [2.45, 2.75) is 6.54 Å². The van der Waals surface area contributed by atoms with Crippen molar-refractivity contribution in [1.82, 2.24) is 15.2 Å². The average Bonchev–Trinajstić information content (AvgIpc) is 3.21. The third-order valence-corrected chi connectivity index (χ3v) is 3.80. The van der Waals surface area contributed by atoms with Gasteiger partial charge >= 0.3 is 0 Å². The quantitative estimate of drug-likeness (QED) is 0.582. The predicted octanol–water partition coefficient (Wildman–Crippen LogP) is 2.76. The van der Waals surface area contributed by atoms with E-state index in [4.69, 9.17) is 0 Å². The topological polar surface area (TPSA) is 59.3 Å². The summed E-state index contributed by atoms with van der Waals surface area (Å²) >= 11 is 1.56. The lowest BCUT2D eigenvalue weighted by atomic mass is 10.1. The van der Waals surface area contributed by atoms with Crippen LogP contribution in [-0.4, -0.2) is 21.9 Å². The molecule has 0 unspecified atom stereocenters. The molecule has 1 aromatic carbocycles. The molecular formula is C16H14N4OS. The fourth-order valence-corrected chi connectivity index (χ4v) is 2.56. The molecule has 110 valence electrons. The van der Waals surface area contributed by atoms with Crippen molar-refractivity contribution in [3.63, 3.8) is 0 Å². The van der Waals surface area contributed by atoms with Gasteiger partial charge in [0, 0.05) is 22.8 Å². The third-order valence-electron chi connectivity index (χ3n) is 2.99. The minimum Gasteiger partial charge on any atom is -0.268 e. The molecule has 3 rings (SSSR count). The molecule has 3 aromatic rings. The van der Waals surface area contributed by atoms with Gasteiger partial charge in [-0.2, -0.15) is 10.2 Å². The zero-order valence-corrected chi connectivity index (χ0v) is 12.5. The molecule has 0 spiro atoms.